The highest BCUT2D eigenvalue weighted by Crippen LogP contribution is 2.39. The zero-order valence-corrected chi connectivity index (χ0v) is 19.8. The summed E-state index contributed by atoms with van der Waals surface area (Å²) in [4.78, 5) is 46.5. The van der Waals surface area contributed by atoms with Gasteiger partial charge in [-0.05, 0) is 56.2 Å². The van der Waals surface area contributed by atoms with E-state index in [2.05, 4.69) is 10.3 Å². The molecule has 2 aliphatic rings. The number of aromatic nitrogens is 1. The number of ketones is 1. The molecule has 0 spiro atoms. The molecular weight excluding hydrogens is 446 g/mol. The number of nitrogens with one attached hydrogen (secondary N) is 1. The van der Waals surface area contributed by atoms with E-state index in [0.29, 0.717) is 42.1 Å². The molecule has 0 atom stereocenters. The van der Waals surface area contributed by atoms with Gasteiger partial charge in [-0.3, -0.25) is 19.4 Å². The summed E-state index contributed by atoms with van der Waals surface area (Å²) in [5.74, 6) is -0.197. The lowest BCUT2D eigenvalue weighted by Crippen LogP contribution is -2.40. The standard InChI is InChI=1S/C27H27N3O3S/c31-24(18-7-2-1-3-8-18)19-12-15-30(16-13-19)27(33)23-21-10-4-5-11-22(21)34-26(23)29-25(32)20-9-6-14-28-17-20/h1-3,6-9,14,17,19H,4-5,10-13,15-16H2,(H,29,32). The van der Waals surface area contributed by atoms with Gasteiger partial charge in [-0.2, -0.15) is 0 Å². The van der Waals surface area contributed by atoms with Crippen molar-refractivity contribution in [2.24, 2.45) is 5.92 Å². The zero-order chi connectivity index (χ0) is 23.5. The molecule has 5 rings (SSSR count). The molecule has 0 radical (unpaired) electrons. The van der Waals surface area contributed by atoms with Gasteiger partial charge in [0, 0.05) is 41.8 Å². The topological polar surface area (TPSA) is 79.4 Å². The van der Waals surface area contributed by atoms with Gasteiger partial charge in [0.05, 0.1) is 11.1 Å². The SMILES string of the molecule is O=C(Nc1sc2c(c1C(=O)N1CCC(C(=O)c3ccccc3)CC1)CCCC2)c1cccnc1. The Morgan fingerprint density at radius 3 is 2.41 bits per heavy atom. The average molecular weight is 474 g/mol. The maximum Gasteiger partial charge on any atom is 0.257 e. The number of carbonyl (C=O) groups is 3. The third-order valence-corrected chi connectivity index (χ3v) is 7.95. The van der Waals surface area contributed by atoms with E-state index in [0.717, 1.165) is 36.8 Å². The molecule has 3 heterocycles. The first-order valence-electron chi connectivity index (χ1n) is 11.9. The average Bonchev–Trinajstić information content (AvgIpc) is 3.26. The van der Waals surface area contributed by atoms with E-state index in [4.69, 9.17) is 0 Å². The number of hydrogen-bond donors (Lipinski definition) is 1. The third-order valence-electron chi connectivity index (χ3n) is 6.75. The van der Waals surface area contributed by atoms with Crippen LogP contribution in [-0.2, 0) is 12.8 Å². The highest BCUT2D eigenvalue weighted by atomic mass is 32.1. The molecule has 34 heavy (non-hydrogen) atoms. The van der Waals surface area contributed by atoms with Crippen LogP contribution in [0.4, 0.5) is 5.00 Å². The summed E-state index contributed by atoms with van der Waals surface area (Å²) in [6.07, 6.45) is 8.42. The van der Waals surface area contributed by atoms with Crippen molar-refractivity contribution in [1.29, 1.82) is 0 Å². The van der Waals surface area contributed by atoms with E-state index in [-0.39, 0.29) is 23.5 Å². The zero-order valence-electron chi connectivity index (χ0n) is 19.0. The molecule has 0 unspecified atom stereocenters. The van der Waals surface area contributed by atoms with Gasteiger partial charge >= 0.3 is 0 Å². The minimum Gasteiger partial charge on any atom is -0.338 e. The third kappa shape index (κ3) is 4.53. The van der Waals surface area contributed by atoms with E-state index >= 15 is 0 Å². The van der Waals surface area contributed by atoms with Gasteiger partial charge in [-0.1, -0.05) is 30.3 Å². The molecule has 174 valence electrons. The van der Waals surface area contributed by atoms with Crippen molar-refractivity contribution in [3.8, 4) is 0 Å². The fraction of sp³-hybridized carbons (Fsp3) is 0.333. The summed E-state index contributed by atoms with van der Waals surface area (Å²) in [5, 5.41) is 3.62. The van der Waals surface area contributed by atoms with Crippen LogP contribution in [0.5, 0.6) is 0 Å². The maximum atomic E-state index is 13.7. The van der Waals surface area contributed by atoms with Gasteiger partial charge in [0.2, 0.25) is 0 Å². The van der Waals surface area contributed by atoms with Crippen molar-refractivity contribution in [3.63, 3.8) is 0 Å². The Bertz CT molecular complexity index is 1200. The molecule has 1 aromatic carbocycles. The first-order valence-corrected chi connectivity index (χ1v) is 12.7. The number of hydrogen-bond acceptors (Lipinski definition) is 5. The molecule has 6 nitrogen and oxygen atoms in total. The molecule has 7 heteroatoms. The van der Waals surface area contributed by atoms with Crippen molar-refractivity contribution < 1.29 is 14.4 Å². The fourth-order valence-electron chi connectivity index (χ4n) is 4.89. The molecule has 1 fully saturated rings. The second-order valence-corrected chi connectivity index (χ2v) is 10.0. The van der Waals surface area contributed by atoms with Crippen LogP contribution >= 0.6 is 11.3 Å². The number of anilines is 1. The van der Waals surface area contributed by atoms with Crippen LogP contribution < -0.4 is 5.32 Å². The second kappa shape index (κ2) is 9.89. The van der Waals surface area contributed by atoms with Crippen LogP contribution in [-0.4, -0.2) is 40.6 Å². The number of Topliss-reactive ketones (excluding diaryl/α,β-unsaturated/α-hetero) is 1. The number of aryl methyl sites for hydroxylation is 1. The van der Waals surface area contributed by atoms with Crippen molar-refractivity contribution >= 4 is 33.9 Å². The number of benzene rings is 1. The molecular formula is C27H27N3O3S. The number of likely N-dealkylation sites (tertiary alicyclic amines) is 1. The molecule has 3 aromatic rings. The van der Waals surface area contributed by atoms with Crippen LogP contribution in [0.1, 0.15) is 67.2 Å². The molecule has 2 amide bonds. The lowest BCUT2D eigenvalue weighted by atomic mass is 9.88. The summed E-state index contributed by atoms with van der Waals surface area (Å²) in [5.41, 5.74) is 2.93. The van der Waals surface area contributed by atoms with Crippen LogP contribution in [0.3, 0.4) is 0 Å². The maximum absolute atomic E-state index is 13.7. The Morgan fingerprint density at radius 2 is 1.68 bits per heavy atom. The number of pyridine rings is 1. The number of piperidine rings is 1. The van der Waals surface area contributed by atoms with Crippen LogP contribution in [0.25, 0.3) is 0 Å². The van der Waals surface area contributed by atoms with Crippen LogP contribution in [0, 0.1) is 5.92 Å². The minimum absolute atomic E-state index is 0.0357. The fourth-order valence-corrected chi connectivity index (χ4v) is 6.17. The number of amides is 2. The van der Waals surface area contributed by atoms with E-state index < -0.39 is 0 Å². The first-order chi connectivity index (χ1) is 16.6. The normalized spacial score (nSPS) is 16.1. The monoisotopic (exact) mass is 473 g/mol. The van der Waals surface area contributed by atoms with Crippen LogP contribution in [0.15, 0.2) is 54.9 Å². The first kappa shape index (κ1) is 22.5. The highest BCUT2D eigenvalue weighted by molar-refractivity contribution is 7.17. The van der Waals surface area contributed by atoms with Crippen molar-refractivity contribution in [3.05, 3.63) is 82.0 Å². The molecule has 1 aliphatic carbocycles. The van der Waals surface area contributed by atoms with Crippen molar-refractivity contribution in [2.45, 2.75) is 38.5 Å². The Kier molecular flexibility index (Phi) is 6.54. The molecule has 0 saturated carbocycles. The summed E-state index contributed by atoms with van der Waals surface area (Å²) < 4.78 is 0. The van der Waals surface area contributed by atoms with Crippen molar-refractivity contribution in [2.75, 3.05) is 18.4 Å². The largest absolute Gasteiger partial charge is 0.338 e. The van der Waals surface area contributed by atoms with Gasteiger partial charge in [0.25, 0.3) is 11.8 Å². The second-order valence-electron chi connectivity index (χ2n) is 8.91. The number of thiophene rings is 1. The smallest absolute Gasteiger partial charge is 0.257 e. The molecule has 1 aliphatic heterocycles. The van der Waals surface area contributed by atoms with Gasteiger partial charge in [-0.15, -0.1) is 11.3 Å². The van der Waals surface area contributed by atoms with E-state index in [9.17, 15) is 14.4 Å². The predicted octanol–water partition coefficient (Wildman–Crippen LogP) is 5.01. The number of rotatable bonds is 5. The Labute approximate surface area is 203 Å². The van der Waals surface area contributed by atoms with Gasteiger partial charge in [0.15, 0.2) is 5.78 Å². The summed E-state index contributed by atoms with van der Waals surface area (Å²) in [7, 11) is 0. The predicted molar refractivity (Wildman–Crippen MR) is 133 cm³/mol. The van der Waals surface area contributed by atoms with Gasteiger partial charge < -0.3 is 10.2 Å². The number of nitrogens with zero attached hydrogens (tertiary/aromatic N) is 2. The van der Waals surface area contributed by atoms with Gasteiger partial charge in [0.1, 0.15) is 5.00 Å². The molecule has 2 aromatic heterocycles. The molecule has 0 bridgehead atoms. The van der Waals surface area contributed by atoms with E-state index in [1.165, 1.54) is 22.4 Å². The molecule has 1 saturated heterocycles. The Balaban J connectivity index is 1.34. The Hall–Kier alpha value is -3.32. The van der Waals surface area contributed by atoms with Gasteiger partial charge in [-0.25, -0.2) is 0 Å². The quantitative estimate of drug-likeness (QED) is 0.529. The van der Waals surface area contributed by atoms with Crippen LogP contribution in [0.2, 0.25) is 0 Å². The summed E-state index contributed by atoms with van der Waals surface area (Å²) in [6.45, 7) is 1.09. The minimum atomic E-state index is -0.257. The highest BCUT2D eigenvalue weighted by Gasteiger charge is 2.33. The van der Waals surface area contributed by atoms with E-state index in [1.54, 1.807) is 18.3 Å². The summed E-state index contributed by atoms with van der Waals surface area (Å²) >= 11 is 1.53. The molecule has 1 N–H and O–H groups in total. The lowest BCUT2D eigenvalue weighted by Gasteiger charge is -2.32. The van der Waals surface area contributed by atoms with E-state index in [1.807, 2.05) is 35.2 Å². The summed E-state index contributed by atoms with van der Waals surface area (Å²) in [6, 6.07) is 12.8. The Morgan fingerprint density at radius 1 is 0.941 bits per heavy atom. The van der Waals surface area contributed by atoms with Crippen molar-refractivity contribution in [1.82, 2.24) is 9.88 Å². The number of carbonyl (C=O) groups excluding carboxylic acids is 3. The number of fused-ring (bicyclic) bond motifs is 1. The lowest BCUT2D eigenvalue weighted by molar-refractivity contribution is 0.0650.